The summed E-state index contributed by atoms with van der Waals surface area (Å²) in [5.41, 5.74) is -2.48. The first-order valence-electron chi connectivity index (χ1n) is 15.4. The van der Waals surface area contributed by atoms with E-state index in [9.17, 15) is 32.3 Å². The number of rotatable bonds is 11. The second-order valence-electron chi connectivity index (χ2n) is 11.1. The van der Waals surface area contributed by atoms with E-state index in [1.807, 2.05) is 16.8 Å². The number of aryl methyl sites for hydroxylation is 1. The van der Waals surface area contributed by atoms with E-state index in [2.05, 4.69) is 40.0 Å². The number of nitrogens with one attached hydrogen (secondary N) is 2. The number of amides is 3. The highest BCUT2D eigenvalue weighted by atomic mass is 32.2. The zero-order valence-electron chi connectivity index (χ0n) is 27.5. The molecular formula is C31H33F3N6O10S2. The molecule has 2 aromatic rings. The minimum absolute atomic E-state index is 0.00660. The number of carbonyl (C=O) groups is 4. The number of fused-ring (bicyclic) bond motifs is 2. The van der Waals surface area contributed by atoms with E-state index < -0.39 is 51.6 Å². The van der Waals surface area contributed by atoms with Crippen LogP contribution in [0.25, 0.3) is 5.70 Å². The molecule has 0 radical (unpaired) electrons. The predicted molar refractivity (Wildman–Crippen MR) is 176 cm³/mol. The molecule has 1 aliphatic carbocycles. The maximum Gasteiger partial charge on any atom is 0.485 e. The molecule has 21 heteroatoms. The van der Waals surface area contributed by atoms with E-state index in [4.69, 9.17) is 27.3 Å². The van der Waals surface area contributed by atoms with Crippen LogP contribution in [-0.4, -0.2) is 90.4 Å². The van der Waals surface area contributed by atoms with Gasteiger partial charge in [-0.15, -0.1) is 11.3 Å². The summed E-state index contributed by atoms with van der Waals surface area (Å²) in [6.45, 7) is 7.12. The van der Waals surface area contributed by atoms with Crippen molar-refractivity contribution in [2.45, 2.75) is 56.1 Å². The van der Waals surface area contributed by atoms with E-state index >= 15 is 0 Å². The van der Waals surface area contributed by atoms with Crippen LogP contribution in [0.3, 0.4) is 0 Å². The monoisotopic (exact) mass is 770 g/mol. The van der Waals surface area contributed by atoms with E-state index in [1.54, 1.807) is 0 Å². The molecule has 1 unspecified atom stereocenters. The van der Waals surface area contributed by atoms with Gasteiger partial charge in [-0.1, -0.05) is 30.5 Å². The van der Waals surface area contributed by atoms with Gasteiger partial charge in [-0.05, 0) is 31.7 Å². The number of alkyl halides is 3. The number of β-lactam (4-membered cyclic amide) rings is 1. The first-order chi connectivity index (χ1) is 24.6. The Balaban J connectivity index is 0.000000677. The summed E-state index contributed by atoms with van der Waals surface area (Å²) in [5, 5.41) is 10.7. The van der Waals surface area contributed by atoms with Gasteiger partial charge in [-0.2, -0.15) is 17.7 Å². The number of carbonyl (C=O) groups excluding carboxylic acids is 4. The molecule has 1 fully saturated rings. The van der Waals surface area contributed by atoms with Gasteiger partial charge in [0.2, 0.25) is 5.70 Å². The number of pyridine rings is 1. The summed E-state index contributed by atoms with van der Waals surface area (Å²) in [6, 6.07) is 2.67. The number of ether oxygens (including phenoxy) is 2. The molecule has 2 aliphatic heterocycles. The largest absolute Gasteiger partial charge is 0.741 e. The smallest absolute Gasteiger partial charge is 0.485 e. The van der Waals surface area contributed by atoms with Gasteiger partial charge < -0.3 is 24.2 Å². The predicted octanol–water partition coefficient (Wildman–Crippen LogP) is 2.53. The fourth-order valence-electron chi connectivity index (χ4n) is 5.63. The van der Waals surface area contributed by atoms with Crippen molar-refractivity contribution in [3.63, 3.8) is 0 Å². The average molecular weight is 771 g/mol. The number of anilines is 1. The van der Waals surface area contributed by atoms with Crippen molar-refractivity contribution in [1.82, 2.24) is 15.2 Å². The van der Waals surface area contributed by atoms with E-state index in [0.717, 1.165) is 42.7 Å². The van der Waals surface area contributed by atoms with Gasteiger partial charge >= 0.3 is 17.6 Å². The summed E-state index contributed by atoms with van der Waals surface area (Å²) in [5.74, 6) is -1.77. The number of aromatic nitrogens is 2. The minimum Gasteiger partial charge on any atom is -0.741 e. The molecule has 2 N–H and O–H groups in total. The molecule has 52 heavy (non-hydrogen) atoms. The van der Waals surface area contributed by atoms with Crippen molar-refractivity contribution in [2.24, 2.45) is 5.16 Å². The third kappa shape index (κ3) is 9.01. The lowest BCUT2D eigenvalue weighted by Crippen LogP contribution is -2.72. The van der Waals surface area contributed by atoms with Gasteiger partial charge in [-0.25, -0.2) is 23.0 Å². The van der Waals surface area contributed by atoms with Crippen LogP contribution in [0.15, 0.2) is 59.9 Å². The molecule has 0 aromatic carbocycles. The standard InChI is InChI=1S/C30H32N6O7S.CHF3O3S/c1-4-15-42-28(39)25-22(35-14-8-10-18-9-6-7-11-20(18)35)13-12-21-24(27(38)36(21)25)32-26(37)23(34-41-3)19-17-44-29(31-19)33-30(40)43-16-5-2;2-1(3,4)8(5,6)7/h4-5,8,10,14,17,21,24H,1-2,6-7,9,11-13,15-16H2,3H3,(H-,31,32,33,37,40);(H,5,6,7)/b34-23-;/t21?,24-;/m1./s1. The summed E-state index contributed by atoms with van der Waals surface area (Å²) in [6.07, 6.45) is 9.06. The van der Waals surface area contributed by atoms with Crippen molar-refractivity contribution >= 4 is 61.9 Å². The second-order valence-corrected chi connectivity index (χ2v) is 13.3. The zero-order chi connectivity index (χ0) is 38.2. The van der Waals surface area contributed by atoms with Crippen LogP contribution in [0, 0.1) is 0 Å². The van der Waals surface area contributed by atoms with Crippen molar-refractivity contribution in [1.29, 1.82) is 0 Å². The Kier molecular flexibility index (Phi) is 12.9. The fourth-order valence-corrected chi connectivity index (χ4v) is 6.31. The lowest BCUT2D eigenvalue weighted by atomic mass is 9.84. The molecule has 16 nitrogen and oxygen atoms in total. The Hall–Kier alpha value is -5.15. The van der Waals surface area contributed by atoms with Crippen molar-refractivity contribution in [2.75, 3.05) is 25.6 Å². The zero-order valence-corrected chi connectivity index (χ0v) is 29.1. The highest BCUT2D eigenvalue weighted by Gasteiger charge is 2.56. The van der Waals surface area contributed by atoms with Gasteiger partial charge in [0.25, 0.3) is 11.8 Å². The molecular weight excluding hydrogens is 738 g/mol. The normalized spacial score (nSPS) is 18.4. The number of halogens is 3. The second kappa shape index (κ2) is 16.9. The van der Waals surface area contributed by atoms with Crippen LogP contribution in [0.4, 0.5) is 23.1 Å². The topological polar surface area (TPSA) is 210 Å². The molecule has 0 bridgehead atoms. The third-order valence-electron chi connectivity index (χ3n) is 7.79. The van der Waals surface area contributed by atoms with Crippen molar-refractivity contribution in [3.8, 4) is 0 Å². The molecule has 280 valence electrons. The Bertz CT molecular complexity index is 1910. The van der Waals surface area contributed by atoms with E-state index in [-0.39, 0.29) is 35.4 Å². The molecule has 4 heterocycles. The Morgan fingerprint density at radius 3 is 2.50 bits per heavy atom. The number of oxime groups is 1. The first kappa shape index (κ1) is 39.6. The summed E-state index contributed by atoms with van der Waals surface area (Å²) >= 11 is 1.05. The summed E-state index contributed by atoms with van der Waals surface area (Å²) < 4.78 is 71.2. The Morgan fingerprint density at radius 1 is 1.17 bits per heavy atom. The van der Waals surface area contributed by atoms with Crippen LogP contribution in [0.2, 0.25) is 0 Å². The van der Waals surface area contributed by atoms with Gasteiger partial charge in [-0.3, -0.25) is 19.8 Å². The molecule has 0 saturated carbocycles. The Labute approximate surface area is 299 Å². The van der Waals surface area contributed by atoms with Gasteiger partial charge in [0.1, 0.15) is 32.1 Å². The SMILES string of the molecule is C=CCOC(=O)Nc1nc(/C(=N/OC)C(=O)N[C@H]2C(=O)N3C(C(=O)OCC=C)=C([n+]4cccc5c4CCCC5)CCC23)cs1.O=S(=O)([O-])C(F)(F)F. The summed E-state index contributed by atoms with van der Waals surface area (Å²) in [7, 11) is -4.82. The number of hydrogen-bond acceptors (Lipinski definition) is 13. The van der Waals surface area contributed by atoms with Crippen molar-refractivity contribution < 1.29 is 64.2 Å². The number of thiazole rings is 1. The lowest BCUT2D eigenvalue weighted by molar-refractivity contribution is -0.594. The molecule has 5 rings (SSSR count). The van der Waals surface area contributed by atoms with Crippen LogP contribution in [0.5, 0.6) is 0 Å². The van der Waals surface area contributed by atoms with Crippen molar-refractivity contribution in [3.05, 3.63) is 71.7 Å². The lowest BCUT2D eigenvalue weighted by Gasteiger charge is -2.49. The molecule has 2 atom stereocenters. The maximum atomic E-state index is 13.6. The number of nitrogens with zero attached hydrogens (tertiary/aromatic N) is 4. The Morgan fingerprint density at radius 2 is 1.85 bits per heavy atom. The average Bonchev–Trinajstić information content (AvgIpc) is 3.56. The molecule has 3 amide bonds. The van der Waals surface area contributed by atoms with Crippen LogP contribution in [-0.2, 0) is 51.7 Å². The van der Waals surface area contributed by atoms with Gasteiger partial charge in [0.15, 0.2) is 38.5 Å². The van der Waals surface area contributed by atoms with E-state index in [1.165, 1.54) is 35.1 Å². The summed E-state index contributed by atoms with van der Waals surface area (Å²) in [4.78, 5) is 62.7. The fraction of sp³-hybridized carbons (Fsp3) is 0.387. The van der Waals surface area contributed by atoms with Gasteiger partial charge in [0, 0.05) is 29.9 Å². The van der Waals surface area contributed by atoms with Gasteiger partial charge in [0.05, 0.1) is 6.04 Å². The molecule has 1 saturated heterocycles. The highest BCUT2D eigenvalue weighted by Crippen LogP contribution is 2.38. The molecule has 3 aliphatic rings. The molecule has 2 aromatic heterocycles. The minimum atomic E-state index is -6.09. The number of allylic oxidation sites excluding steroid dienone is 1. The number of hydrogen-bond donors (Lipinski definition) is 2. The van der Waals surface area contributed by atoms with Crippen LogP contribution < -0.4 is 15.2 Å². The van der Waals surface area contributed by atoms with E-state index in [0.29, 0.717) is 18.5 Å². The van der Waals surface area contributed by atoms with Crippen LogP contribution in [0.1, 0.15) is 42.6 Å². The maximum absolute atomic E-state index is 13.6. The quantitative estimate of drug-likeness (QED) is 0.0496. The molecule has 0 spiro atoms. The number of esters is 1. The third-order valence-corrected chi connectivity index (χ3v) is 9.11. The van der Waals surface area contributed by atoms with Crippen LogP contribution >= 0.6 is 11.3 Å². The first-order valence-corrected chi connectivity index (χ1v) is 17.7. The highest BCUT2D eigenvalue weighted by molar-refractivity contribution is 7.86.